The Kier molecular flexibility index (Phi) is 5.87. The van der Waals surface area contributed by atoms with E-state index in [0.717, 1.165) is 11.3 Å². The number of amides is 1. The van der Waals surface area contributed by atoms with Gasteiger partial charge in [-0.2, -0.15) is 0 Å². The second-order valence-corrected chi connectivity index (χ2v) is 4.61. The molecule has 0 fully saturated rings. The topological polar surface area (TPSA) is 84.9 Å². The Morgan fingerprint density at radius 1 is 1.63 bits per heavy atom. The summed E-state index contributed by atoms with van der Waals surface area (Å²) in [4.78, 5) is 22.1. The summed E-state index contributed by atoms with van der Waals surface area (Å²) in [6.45, 7) is 5.54. The Labute approximate surface area is 114 Å². The summed E-state index contributed by atoms with van der Waals surface area (Å²) < 4.78 is 10.1. The van der Waals surface area contributed by atoms with Gasteiger partial charge in [-0.3, -0.25) is 0 Å². The third-order valence-electron chi connectivity index (χ3n) is 1.98. The highest BCUT2D eigenvalue weighted by Gasteiger charge is 2.11. The van der Waals surface area contributed by atoms with E-state index in [1.807, 2.05) is 0 Å². The molecule has 0 saturated heterocycles. The maximum absolute atomic E-state index is 11.2. The molecule has 104 valence electrons. The smallest absolute Gasteiger partial charge is 0.407 e. The second kappa shape index (κ2) is 7.42. The third-order valence-corrected chi connectivity index (χ3v) is 2.88. The van der Waals surface area contributed by atoms with E-state index < -0.39 is 12.1 Å². The molecule has 1 aromatic heterocycles. The highest BCUT2D eigenvalue weighted by Crippen LogP contribution is 2.21. The molecule has 0 spiro atoms. The van der Waals surface area contributed by atoms with Crippen molar-refractivity contribution in [3.05, 3.63) is 29.0 Å². The molecule has 19 heavy (non-hydrogen) atoms. The van der Waals surface area contributed by atoms with Gasteiger partial charge in [0.1, 0.15) is 23.8 Å². The third kappa shape index (κ3) is 5.43. The Bertz CT molecular complexity index is 457. The number of thiophene rings is 1. The fourth-order valence-corrected chi connectivity index (χ4v) is 1.81. The van der Waals surface area contributed by atoms with Gasteiger partial charge in [0, 0.05) is 11.4 Å². The predicted molar refractivity (Wildman–Crippen MR) is 70.9 cm³/mol. The van der Waals surface area contributed by atoms with Crippen LogP contribution >= 0.6 is 11.3 Å². The Balaban J connectivity index is 2.32. The largest absolute Gasteiger partial charge is 0.491 e. The number of carbonyl (C=O) groups is 2. The molecule has 6 nitrogen and oxygen atoms in total. The molecule has 1 aromatic rings. The first-order valence-corrected chi connectivity index (χ1v) is 6.39. The number of carboxylic acid groups (broad SMARTS) is 1. The van der Waals surface area contributed by atoms with Gasteiger partial charge in [0.2, 0.25) is 0 Å². The minimum absolute atomic E-state index is 0.145. The number of carbonyl (C=O) groups excluding carboxylic acids is 1. The Morgan fingerprint density at radius 3 is 2.95 bits per heavy atom. The van der Waals surface area contributed by atoms with E-state index in [2.05, 4.69) is 11.9 Å². The van der Waals surface area contributed by atoms with Crippen LogP contribution in [0.25, 0.3) is 0 Å². The number of nitrogens with one attached hydrogen (secondary N) is 1. The van der Waals surface area contributed by atoms with Crippen LogP contribution in [-0.4, -0.2) is 36.4 Å². The van der Waals surface area contributed by atoms with Crippen LogP contribution in [0.2, 0.25) is 0 Å². The van der Waals surface area contributed by atoms with E-state index >= 15 is 0 Å². The molecule has 0 aliphatic heterocycles. The van der Waals surface area contributed by atoms with Crippen molar-refractivity contribution in [1.82, 2.24) is 5.32 Å². The van der Waals surface area contributed by atoms with Gasteiger partial charge in [-0.05, 0) is 6.92 Å². The summed E-state index contributed by atoms with van der Waals surface area (Å²) in [5.41, 5.74) is 0. The van der Waals surface area contributed by atoms with Gasteiger partial charge in [0.15, 0.2) is 0 Å². The Morgan fingerprint density at radius 2 is 2.37 bits per heavy atom. The lowest BCUT2D eigenvalue weighted by molar-refractivity contribution is 0.0702. The van der Waals surface area contributed by atoms with Crippen molar-refractivity contribution in [3.8, 4) is 5.75 Å². The minimum Gasteiger partial charge on any atom is -0.491 e. The predicted octanol–water partition coefficient (Wildman–Crippen LogP) is 2.13. The zero-order valence-electron chi connectivity index (χ0n) is 10.4. The number of hydrogen-bond donors (Lipinski definition) is 2. The summed E-state index contributed by atoms with van der Waals surface area (Å²) in [6.07, 6.45) is 0.923. The molecule has 1 atom stereocenters. The number of carboxylic acids is 1. The van der Waals surface area contributed by atoms with Crippen molar-refractivity contribution >= 4 is 23.4 Å². The van der Waals surface area contributed by atoms with Gasteiger partial charge in [-0.15, -0.1) is 11.3 Å². The van der Waals surface area contributed by atoms with E-state index in [4.69, 9.17) is 14.6 Å². The average molecular weight is 285 g/mol. The van der Waals surface area contributed by atoms with E-state index in [1.54, 1.807) is 12.3 Å². The molecule has 0 radical (unpaired) electrons. The van der Waals surface area contributed by atoms with Crippen LogP contribution in [0, 0.1) is 0 Å². The molecule has 2 N–H and O–H groups in total. The Hall–Kier alpha value is -2.02. The normalized spacial score (nSPS) is 11.4. The highest BCUT2D eigenvalue weighted by molar-refractivity contribution is 7.12. The standard InChI is InChI=1S/C12H15NO5S/c1-3-4-17-12(16)13-8(2)6-18-9-5-10(11(14)15)19-7-9/h3,5,7-8H,1,4,6H2,2H3,(H,13,16)(H,14,15). The van der Waals surface area contributed by atoms with Gasteiger partial charge in [0.05, 0.1) is 6.04 Å². The molecule has 0 aliphatic carbocycles. The number of rotatable bonds is 7. The van der Waals surface area contributed by atoms with Gasteiger partial charge in [0.25, 0.3) is 0 Å². The van der Waals surface area contributed by atoms with E-state index in [-0.39, 0.29) is 24.1 Å². The molecule has 0 bridgehead atoms. The molecule has 0 saturated carbocycles. The summed E-state index contributed by atoms with van der Waals surface area (Å²) >= 11 is 1.09. The van der Waals surface area contributed by atoms with Crippen LogP contribution in [0.3, 0.4) is 0 Å². The van der Waals surface area contributed by atoms with Crippen molar-refractivity contribution in [3.63, 3.8) is 0 Å². The molecular weight excluding hydrogens is 270 g/mol. The quantitative estimate of drug-likeness (QED) is 0.750. The van der Waals surface area contributed by atoms with E-state index in [9.17, 15) is 9.59 Å². The van der Waals surface area contributed by atoms with Gasteiger partial charge in [-0.1, -0.05) is 12.7 Å². The van der Waals surface area contributed by atoms with Gasteiger partial charge in [-0.25, -0.2) is 9.59 Å². The lowest BCUT2D eigenvalue weighted by atomic mass is 10.4. The molecular formula is C12H15NO5S. The number of hydrogen-bond acceptors (Lipinski definition) is 5. The van der Waals surface area contributed by atoms with Gasteiger partial charge < -0.3 is 19.9 Å². The molecule has 0 aliphatic rings. The first-order chi connectivity index (χ1) is 9.02. The summed E-state index contributed by atoms with van der Waals surface area (Å²) in [5, 5.41) is 12.9. The SMILES string of the molecule is C=CCOC(=O)NC(C)COc1csc(C(=O)O)c1. The fraction of sp³-hybridized carbons (Fsp3) is 0.333. The number of aromatic carboxylic acids is 1. The molecule has 1 rings (SSSR count). The van der Waals surface area contributed by atoms with E-state index in [0.29, 0.717) is 5.75 Å². The fourth-order valence-electron chi connectivity index (χ4n) is 1.15. The summed E-state index contributed by atoms with van der Waals surface area (Å²) in [7, 11) is 0. The molecule has 7 heteroatoms. The van der Waals surface area contributed by atoms with Crippen molar-refractivity contribution in [2.24, 2.45) is 0 Å². The van der Waals surface area contributed by atoms with Crippen LogP contribution in [0.4, 0.5) is 4.79 Å². The average Bonchev–Trinajstić information content (AvgIpc) is 2.83. The maximum atomic E-state index is 11.2. The van der Waals surface area contributed by atoms with Crippen molar-refractivity contribution in [1.29, 1.82) is 0 Å². The van der Waals surface area contributed by atoms with E-state index in [1.165, 1.54) is 12.1 Å². The van der Waals surface area contributed by atoms with Crippen molar-refractivity contribution in [2.75, 3.05) is 13.2 Å². The molecule has 1 unspecified atom stereocenters. The molecule has 0 aromatic carbocycles. The maximum Gasteiger partial charge on any atom is 0.407 e. The first-order valence-electron chi connectivity index (χ1n) is 5.51. The monoisotopic (exact) mass is 285 g/mol. The zero-order chi connectivity index (χ0) is 14.3. The minimum atomic E-state index is -0.987. The lowest BCUT2D eigenvalue weighted by Crippen LogP contribution is -2.37. The zero-order valence-corrected chi connectivity index (χ0v) is 11.2. The lowest BCUT2D eigenvalue weighted by Gasteiger charge is -2.13. The second-order valence-electron chi connectivity index (χ2n) is 3.70. The molecule has 1 heterocycles. The van der Waals surface area contributed by atoms with Crippen LogP contribution in [0.15, 0.2) is 24.1 Å². The first kappa shape index (κ1) is 15.0. The van der Waals surface area contributed by atoms with Crippen LogP contribution in [0.1, 0.15) is 16.6 Å². The number of ether oxygens (including phenoxy) is 2. The molecule has 1 amide bonds. The summed E-state index contributed by atoms with van der Waals surface area (Å²) in [5.74, 6) is -0.519. The van der Waals surface area contributed by atoms with Crippen molar-refractivity contribution in [2.45, 2.75) is 13.0 Å². The van der Waals surface area contributed by atoms with Crippen LogP contribution in [-0.2, 0) is 4.74 Å². The van der Waals surface area contributed by atoms with Crippen molar-refractivity contribution < 1.29 is 24.2 Å². The summed E-state index contributed by atoms with van der Waals surface area (Å²) in [6, 6.07) is 1.18. The van der Waals surface area contributed by atoms with Crippen LogP contribution < -0.4 is 10.1 Å². The van der Waals surface area contributed by atoms with Crippen LogP contribution in [0.5, 0.6) is 5.75 Å². The highest BCUT2D eigenvalue weighted by atomic mass is 32.1. The number of alkyl carbamates (subject to hydrolysis) is 1. The van der Waals surface area contributed by atoms with Gasteiger partial charge >= 0.3 is 12.1 Å².